The molecule has 1 aliphatic rings. The van der Waals surface area contributed by atoms with Crippen LogP contribution in [0.4, 0.5) is 0 Å². The highest BCUT2D eigenvalue weighted by atomic mass is 16.5. The number of aromatic nitrogens is 1. The second kappa shape index (κ2) is 10.6. The molecular formula is C26H29NO5. The molecule has 32 heavy (non-hydrogen) atoms. The van der Waals surface area contributed by atoms with Gasteiger partial charge in [-0.15, -0.1) is 0 Å². The van der Waals surface area contributed by atoms with Gasteiger partial charge in [0.1, 0.15) is 12.0 Å². The van der Waals surface area contributed by atoms with E-state index in [-0.39, 0.29) is 18.2 Å². The first kappa shape index (κ1) is 22.2. The minimum Gasteiger partial charge on any atom is -0.465 e. The summed E-state index contributed by atoms with van der Waals surface area (Å²) >= 11 is 0. The lowest BCUT2D eigenvalue weighted by molar-refractivity contribution is -0.0563. The van der Waals surface area contributed by atoms with Crippen LogP contribution in [-0.4, -0.2) is 30.3 Å². The van der Waals surface area contributed by atoms with E-state index in [2.05, 4.69) is 4.98 Å². The van der Waals surface area contributed by atoms with Gasteiger partial charge in [0.25, 0.3) is 0 Å². The first-order chi connectivity index (χ1) is 15.6. The maximum atomic E-state index is 12.2. The van der Waals surface area contributed by atoms with Crippen LogP contribution in [0.3, 0.4) is 0 Å². The van der Waals surface area contributed by atoms with Crippen molar-refractivity contribution in [2.75, 3.05) is 7.11 Å². The van der Waals surface area contributed by atoms with Gasteiger partial charge in [-0.1, -0.05) is 36.4 Å². The van der Waals surface area contributed by atoms with E-state index < -0.39 is 0 Å². The monoisotopic (exact) mass is 435 g/mol. The Kier molecular flexibility index (Phi) is 7.35. The van der Waals surface area contributed by atoms with Crippen LogP contribution in [0, 0.1) is 6.92 Å². The van der Waals surface area contributed by atoms with Gasteiger partial charge in [0.2, 0.25) is 5.89 Å². The molecule has 0 amide bonds. The fraction of sp³-hybridized carbons (Fsp3) is 0.385. The molecule has 1 aliphatic carbocycles. The number of aryl methyl sites for hydroxylation is 1. The Morgan fingerprint density at radius 3 is 2.53 bits per heavy atom. The average molecular weight is 436 g/mol. The van der Waals surface area contributed by atoms with Crippen LogP contribution in [0.15, 0.2) is 59.2 Å². The lowest BCUT2D eigenvalue weighted by atomic mass is 9.94. The quantitative estimate of drug-likeness (QED) is 0.436. The van der Waals surface area contributed by atoms with Gasteiger partial charge >= 0.3 is 5.97 Å². The van der Waals surface area contributed by atoms with Crippen molar-refractivity contribution in [2.45, 2.75) is 58.0 Å². The van der Waals surface area contributed by atoms with Crippen LogP contribution < -0.4 is 0 Å². The van der Waals surface area contributed by atoms with Crippen molar-refractivity contribution in [2.24, 2.45) is 0 Å². The van der Waals surface area contributed by atoms with E-state index in [0.29, 0.717) is 24.7 Å². The zero-order chi connectivity index (χ0) is 22.3. The Hall–Kier alpha value is -2.96. The lowest BCUT2D eigenvalue weighted by Gasteiger charge is -2.29. The number of oxazole rings is 1. The summed E-state index contributed by atoms with van der Waals surface area (Å²) in [6, 6.07) is 15.6. The molecule has 0 spiro atoms. The van der Waals surface area contributed by atoms with Crippen molar-refractivity contribution in [1.29, 1.82) is 0 Å². The number of ether oxygens (including phenoxy) is 3. The summed E-state index contributed by atoms with van der Waals surface area (Å²) in [5.41, 5.74) is 4.09. The molecule has 1 heterocycles. The fourth-order valence-electron chi connectivity index (χ4n) is 4.15. The molecule has 0 saturated heterocycles. The number of carbonyl (C=O) groups is 1. The average Bonchev–Trinajstić information content (AvgIpc) is 3.31. The SMILES string of the molecule is COC(=O)c1c(C)cccc1CO[C@H]1CCC[C@@H](OCc2coc(-c3ccccc3)n2)C1. The summed E-state index contributed by atoms with van der Waals surface area (Å²) in [4.78, 5) is 16.7. The predicted octanol–water partition coefficient (Wildman–Crippen LogP) is 5.48. The van der Waals surface area contributed by atoms with E-state index in [9.17, 15) is 4.79 Å². The molecule has 2 aromatic carbocycles. The van der Waals surface area contributed by atoms with Crippen molar-refractivity contribution in [3.8, 4) is 11.5 Å². The Morgan fingerprint density at radius 2 is 1.78 bits per heavy atom. The van der Waals surface area contributed by atoms with E-state index in [0.717, 1.165) is 48.1 Å². The van der Waals surface area contributed by atoms with Crippen LogP contribution in [0.2, 0.25) is 0 Å². The van der Waals surface area contributed by atoms with E-state index in [4.69, 9.17) is 18.6 Å². The maximum absolute atomic E-state index is 12.2. The van der Waals surface area contributed by atoms with E-state index >= 15 is 0 Å². The van der Waals surface area contributed by atoms with Gasteiger partial charge in [0, 0.05) is 5.56 Å². The molecule has 1 saturated carbocycles. The molecule has 0 radical (unpaired) electrons. The van der Waals surface area contributed by atoms with Crippen molar-refractivity contribution in [3.05, 3.63) is 77.2 Å². The van der Waals surface area contributed by atoms with Gasteiger partial charge in [-0.25, -0.2) is 9.78 Å². The number of carbonyl (C=O) groups excluding carboxylic acids is 1. The molecule has 0 aliphatic heterocycles. The van der Waals surface area contributed by atoms with Crippen LogP contribution in [0.25, 0.3) is 11.5 Å². The molecule has 0 unspecified atom stereocenters. The fourth-order valence-corrected chi connectivity index (χ4v) is 4.15. The highest BCUT2D eigenvalue weighted by molar-refractivity contribution is 5.92. The third kappa shape index (κ3) is 5.44. The zero-order valence-electron chi connectivity index (χ0n) is 18.6. The molecule has 0 bridgehead atoms. The molecule has 2 atom stereocenters. The topological polar surface area (TPSA) is 70.8 Å². The number of nitrogens with zero attached hydrogens (tertiary/aromatic N) is 1. The second-order valence-corrected chi connectivity index (χ2v) is 8.14. The third-order valence-corrected chi connectivity index (χ3v) is 5.84. The van der Waals surface area contributed by atoms with Crippen LogP contribution in [0.1, 0.15) is 52.9 Å². The van der Waals surface area contributed by atoms with Crippen molar-refractivity contribution >= 4 is 5.97 Å². The number of rotatable bonds is 8. The van der Waals surface area contributed by atoms with Crippen LogP contribution in [-0.2, 0) is 27.4 Å². The first-order valence-corrected chi connectivity index (χ1v) is 11.0. The third-order valence-electron chi connectivity index (χ3n) is 5.84. The molecule has 168 valence electrons. The molecule has 6 heteroatoms. The number of hydrogen-bond donors (Lipinski definition) is 0. The molecule has 6 nitrogen and oxygen atoms in total. The summed E-state index contributed by atoms with van der Waals surface area (Å²) in [7, 11) is 1.40. The number of hydrogen-bond acceptors (Lipinski definition) is 6. The Labute approximate surface area is 188 Å². The van der Waals surface area contributed by atoms with Crippen LogP contribution in [0.5, 0.6) is 0 Å². The van der Waals surface area contributed by atoms with Gasteiger partial charge in [0.05, 0.1) is 38.1 Å². The Morgan fingerprint density at radius 1 is 1.03 bits per heavy atom. The predicted molar refractivity (Wildman–Crippen MR) is 120 cm³/mol. The minimum atomic E-state index is -0.325. The molecular weight excluding hydrogens is 406 g/mol. The van der Waals surface area contributed by atoms with Gasteiger partial charge in [-0.3, -0.25) is 0 Å². The number of esters is 1. The van der Waals surface area contributed by atoms with Crippen molar-refractivity contribution < 1.29 is 23.4 Å². The van der Waals surface area contributed by atoms with Gasteiger partial charge < -0.3 is 18.6 Å². The Bertz CT molecular complexity index is 1030. The van der Waals surface area contributed by atoms with Crippen molar-refractivity contribution in [3.63, 3.8) is 0 Å². The first-order valence-electron chi connectivity index (χ1n) is 11.0. The molecule has 4 rings (SSSR count). The zero-order valence-corrected chi connectivity index (χ0v) is 18.6. The standard InChI is InChI=1S/C26H29NO5/c1-18-8-6-11-20(24(18)26(28)29-2)15-30-22-12-7-13-23(14-22)31-16-21-17-32-25(27-21)19-9-4-3-5-10-19/h3-6,8-11,17,22-23H,7,12-16H2,1-2H3/t22-,23+/m0/s1. The smallest absolute Gasteiger partial charge is 0.338 e. The van der Waals surface area contributed by atoms with Crippen molar-refractivity contribution in [1.82, 2.24) is 4.98 Å². The van der Waals surface area contributed by atoms with Gasteiger partial charge in [-0.05, 0) is 55.9 Å². The van der Waals surface area contributed by atoms with E-state index in [1.165, 1.54) is 7.11 Å². The molecule has 1 aromatic heterocycles. The van der Waals surface area contributed by atoms with Gasteiger partial charge in [-0.2, -0.15) is 0 Å². The number of methoxy groups -OCH3 is 1. The number of benzene rings is 2. The highest BCUT2D eigenvalue weighted by Crippen LogP contribution is 2.27. The summed E-state index contributed by atoms with van der Waals surface area (Å²) < 4.78 is 22.8. The minimum absolute atomic E-state index is 0.0944. The lowest BCUT2D eigenvalue weighted by Crippen LogP contribution is -2.28. The summed E-state index contributed by atoms with van der Waals surface area (Å²) in [5, 5.41) is 0. The normalized spacial score (nSPS) is 18.4. The molecule has 0 N–H and O–H groups in total. The summed E-state index contributed by atoms with van der Waals surface area (Å²) in [6.07, 6.45) is 5.72. The molecule has 3 aromatic rings. The summed E-state index contributed by atoms with van der Waals surface area (Å²) in [5.74, 6) is 0.280. The molecule has 1 fully saturated rings. The van der Waals surface area contributed by atoms with E-state index in [1.54, 1.807) is 6.26 Å². The second-order valence-electron chi connectivity index (χ2n) is 8.14. The van der Waals surface area contributed by atoms with Gasteiger partial charge in [0.15, 0.2) is 0 Å². The van der Waals surface area contributed by atoms with Crippen LogP contribution >= 0.6 is 0 Å². The summed E-state index contributed by atoms with van der Waals surface area (Å²) in [6.45, 7) is 2.71. The van der Waals surface area contributed by atoms with E-state index in [1.807, 2.05) is 55.5 Å². The maximum Gasteiger partial charge on any atom is 0.338 e. The highest BCUT2D eigenvalue weighted by Gasteiger charge is 2.24. The largest absolute Gasteiger partial charge is 0.465 e. The Balaban J connectivity index is 1.30.